The summed E-state index contributed by atoms with van der Waals surface area (Å²) >= 11 is 1.25. The maximum absolute atomic E-state index is 13.3. The SMILES string of the molecule is O=C(c1ccc(F)cc1)c1sc2cc(O)ccc2c1Oc1ccc(CCN2CCC2)cc1. The van der Waals surface area contributed by atoms with Gasteiger partial charge in [0.05, 0.1) is 0 Å². The zero-order chi connectivity index (χ0) is 22.1. The second kappa shape index (κ2) is 8.73. The van der Waals surface area contributed by atoms with Crippen LogP contribution < -0.4 is 4.74 Å². The third kappa shape index (κ3) is 4.24. The number of nitrogens with zero attached hydrogens (tertiary/aromatic N) is 1. The predicted octanol–water partition coefficient (Wildman–Crippen LogP) is 6.02. The van der Waals surface area contributed by atoms with Crippen molar-refractivity contribution in [2.75, 3.05) is 19.6 Å². The quantitative estimate of drug-likeness (QED) is 0.352. The first-order valence-electron chi connectivity index (χ1n) is 10.6. The number of hydrogen-bond acceptors (Lipinski definition) is 5. The highest BCUT2D eigenvalue weighted by Crippen LogP contribution is 2.42. The van der Waals surface area contributed by atoms with Gasteiger partial charge < -0.3 is 14.7 Å². The van der Waals surface area contributed by atoms with Gasteiger partial charge in [-0.05, 0) is 86.1 Å². The lowest BCUT2D eigenvalue weighted by molar-refractivity contribution is 0.104. The summed E-state index contributed by atoms with van der Waals surface area (Å²) in [6.07, 6.45) is 2.29. The summed E-state index contributed by atoms with van der Waals surface area (Å²) in [5.74, 6) is 0.573. The highest BCUT2D eigenvalue weighted by Gasteiger charge is 2.22. The fraction of sp³-hybridized carbons (Fsp3) is 0.192. The van der Waals surface area contributed by atoms with E-state index in [1.165, 1.54) is 60.7 Å². The smallest absolute Gasteiger partial charge is 0.206 e. The van der Waals surface area contributed by atoms with E-state index >= 15 is 0 Å². The van der Waals surface area contributed by atoms with Crippen LogP contribution in [0.1, 0.15) is 27.2 Å². The van der Waals surface area contributed by atoms with Crippen molar-refractivity contribution in [3.8, 4) is 17.2 Å². The minimum Gasteiger partial charge on any atom is -0.508 e. The highest BCUT2D eigenvalue weighted by molar-refractivity contribution is 7.21. The number of thiophene rings is 1. The summed E-state index contributed by atoms with van der Waals surface area (Å²) in [4.78, 5) is 16.1. The van der Waals surface area contributed by atoms with Crippen LogP contribution in [0.3, 0.4) is 0 Å². The Hall–Kier alpha value is -3.22. The Morgan fingerprint density at radius 2 is 1.78 bits per heavy atom. The van der Waals surface area contributed by atoms with Crippen molar-refractivity contribution in [3.05, 3.63) is 88.6 Å². The van der Waals surface area contributed by atoms with Crippen molar-refractivity contribution in [1.82, 2.24) is 4.90 Å². The molecule has 0 atom stereocenters. The molecule has 1 saturated heterocycles. The van der Waals surface area contributed by atoms with E-state index in [2.05, 4.69) is 17.0 Å². The molecule has 0 saturated carbocycles. The molecule has 32 heavy (non-hydrogen) atoms. The molecule has 0 spiro atoms. The molecule has 1 N–H and O–H groups in total. The van der Waals surface area contributed by atoms with Gasteiger partial charge in [0, 0.05) is 22.2 Å². The first-order valence-corrected chi connectivity index (χ1v) is 11.4. The Bertz CT molecular complexity index is 1260. The van der Waals surface area contributed by atoms with Gasteiger partial charge in [0.15, 0.2) is 5.75 Å². The second-order valence-electron chi connectivity index (χ2n) is 7.97. The molecule has 1 fully saturated rings. The number of phenolic OH excluding ortho intramolecular Hbond substituents is 1. The number of likely N-dealkylation sites (tertiary alicyclic amines) is 1. The average Bonchev–Trinajstić information content (AvgIpc) is 3.11. The van der Waals surface area contributed by atoms with Gasteiger partial charge in [0.25, 0.3) is 0 Å². The molecule has 6 heteroatoms. The van der Waals surface area contributed by atoms with Crippen LogP contribution in [0.4, 0.5) is 4.39 Å². The molecule has 3 aromatic carbocycles. The molecule has 2 heterocycles. The number of ether oxygens (including phenoxy) is 1. The van der Waals surface area contributed by atoms with Gasteiger partial charge in [-0.3, -0.25) is 4.79 Å². The van der Waals surface area contributed by atoms with E-state index in [9.17, 15) is 14.3 Å². The van der Waals surface area contributed by atoms with Crippen LogP contribution in [-0.2, 0) is 6.42 Å². The predicted molar refractivity (Wildman–Crippen MR) is 125 cm³/mol. The molecule has 4 aromatic rings. The number of fused-ring (bicyclic) bond motifs is 1. The van der Waals surface area contributed by atoms with Crippen molar-refractivity contribution >= 4 is 27.2 Å². The number of ketones is 1. The van der Waals surface area contributed by atoms with Crippen molar-refractivity contribution in [3.63, 3.8) is 0 Å². The van der Waals surface area contributed by atoms with Gasteiger partial charge in [-0.25, -0.2) is 4.39 Å². The van der Waals surface area contributed by atoms with Crippen molar-refractivity contribution < 1.29 is 19.0 Å². The Labute approximate surface area is 189 Å². The fourth-order valence-corrected chi connectivity index (χ4v) is 4.90. The second-order valence-corrected chi connectivity index (χ2v) is 9.02. The Kier molecular flexibility index (Phi) is 5.64. The number of hydrogen-bond donors (Lipinski definition) is 1. The zero-order valence-electron chi connectivity index (χ0n) is 17.4. The van der Waals surface area contributed by atoms with Gasteiger partial charge in [0.2, 0.25) is 5.78 Å². The number of halogens is 1. The highest BCUT2D eigenvalue weighted by atomic mass is 32.1. The largest absolute Gasteiger partial charge is 0.508 e. The van der Waals surface area contributed by atoms with Crippen LogP contribution in [0.25, 0.3) is 10.1 Å². The maximum Gasteiger partial charge on any atom is 0.206 e. The zero-order valence-corrected chi connectivity index (χ0v) is 18.2. The van der Waals surface area contributed by atoms with E-state index in [4.69, 9.17) is 4.74 Å². The van der Waals surface area contributed by atoms with Crippen LogP contribution in [0.15, 0.2) is 66.7 Å². The van der Waals surface area contributed by atoms with Crippen LogP contribution in [0.2, 0.25) is 0 Å². The van der Waals surface area contributed by atoms with Gasteiger partial charge in [0.1, 0.15) is 22.2 Å². The monoisotopic (exact) mass is 447 g/mol. The van der Waals surface area contributed by atoms with Crippen molar-refractivity contribution in [2.24, 2.45) is 0 Å². The summed E-state index contributed by atoms with van der Waals surface area (Å²) in [7, 11) is 0. The third-order valence-corrected chi connectivity index (χ3v) is 6.88. The summed E-state index contributed by atoms with van der Waals surface area (Å²) in [6.45, 7) is 3.44. The standard InChI is InChI=1S/C26H22FNO3S/c27-19-6-4-18(5-7-19)24(30)26-25(22-11-8-20(29)16-23(22)32-26)31-21-9-2-17(3-10-21)12-15-28-13-1-14-28/h2-11,16,29H,1,12-15H2. The summed E-state index contributed by atoms with van der Waals surface area (Å²) in [5.41, 5.74) is 1.63. The molecule has 0 radical (unpaired) electrons. The number of carbonyl (C=O) groups excluding carboxylic acids is 1. The minimum atomic E-state index is -0.395. The first-order chi connectivity index (χ1) is 15.6. The summed E-state index contributed by atoms with van der Waals surface area (Å²) in [5, 5.41) is 10.6. The molecule has 0 amide bonds. The number of aromatic hydroxyl groups is 1. The molecule has 162 valence electrons. The summed E-state index contributed by atoms with van der Waals surface area (Å²) in [6, 6.07) is 18.4. The summed E-state index contributed by atoms with van der Waals surface area (Å²) < 4.78 is 20.3. The normalized spacial score (nSPS) is 13.8. The van der Waals surface area contributed by atoms with Gasteiger partial charge in [-0.2, -0.15) is 0 Å². The number of carbonyl (C=O) groups is 1. The number of phenols is 1. The number of benzene rings is 3. The lowest BCUT2D eigenvalue weighted by Gasteiger charge is -2.30. The molecule has 5 rings (SSSR count). The molecule has 1 aromatic heterocycles. The van der Waals surface area contributed by atoms with Crippen LogP contribution in [0.5, 0.6) is 17.2 Å². The van der Waals surface area contributed by atoms with E-state index in [1.54, 1.807) is 18.2 Å². The van der Waals surface area contributed by atoms with Crippen molar-refractivity contribution in [2.45, 2.75) is 12.8 Å². The molecule has 1 aliphatic rings. The fourth-order valence-electron chi connectivity index (χ4n) is 3.78. The maximum atomic E-state index is 13.3. The van der Waals surface area contributed by atoms with Crippen molar-refractivity contribution in [1.29, 1.82) is 0 Å². The number of rotatable bonds is 7. The van der Waals surface area contributed by atoms with E-state index in [0.717, 1.165) is 23.1 Å². The molecule has 0 bridgehead atoms. The molecule has 0 unspecified atom stereocenters. The third-order valence-electron chi connectivity index (χ3n) is 5.75. The van der Waals surface area contributed by atoms with Crippen LogP contribution >= 0.6 is 11.3 Å². The minimum absolute atomic E-state index is 0.123. The Morgan fingerprint density at radius 1 is 1.03 bits per heavy atom. The van der Waals surface area contributed by atoms with E-state index in [-0.39, 0.29) is 11.5 Å². The average molecular weight is 448 g/mol. The van der Waals surface area contributed by atoms with E-state index < -0.39 is 5.82 Å². The molecular formula is C26H22FNO3S. The van der Waals surface area contributed by atoms with E-state index in [0.29, 0.717) is 21.9 Å². The molecular weight excluding hydrogens is 425 g/mol. The molecule has 1 aliphatic heterocycles. The van der Waals surface area contributed by atoms with Crippen LogP contribution in [0, 0.1) is 5.82 Å². The topological polar surface area (TPSA) is 49.8 Å². The van der Waals surface area contributed by atoms with Gasteiger partial charge in [-0.1, -0.05) is 12.1 Å². The van der Waals surface area contributed by atoms with Gasteiger partial charge >= 0.3 is 0 Å². The lowest BCUT2D eigenvalue weighted by Crippen LogP contribution is -2.38. The molecule has 0 aliphatic carbocycles. The lowest BCUT2D eigenvalue weighted by atomic mass is 10.1. The Balaban J connectivity index is 1.44. The first kappa shape index (κ1) is 20.7. The van der Waals surface area contributed by atoms with E-state index in [1.807, 2.05) is 12.1 Å². The molecule has 4 nitrogen and oxygen atoms in total. The van der Waals surface area contributed by atoms with Gasteiger partial charge in [-0.15, -0.1) is 11.3 Å². The van der Waals surface area contributed by atoms with Crippen LogP contribution in [-0.4, -0.2) is 35.4 Å². The Morgan fingerprint density at radius 3 is 2.47 bits per heavy atom.